The average molecular weight is 358 g/mol. The number of hydrogen-bond donors (Lipinski definition) is 1. The lowest BCUT2D eigenvalue weighted by atomic mass is 10.3. The molecular formula is C16H21FNO5S+. The molecule has 8 heteroatoms. The van der Waals surface area contributed by atoms with Gasteiger partial charge in [-0.2, -0.15) is 13.0 Å². The van der Waals surface area contributed by atoms with Crippen LogP contribution in [0.3, 0.4) is 0 Å². The van der Waals surface area contributed by atoms with Crippen LogP contribution in [-0.2, 0) is 21.4 Å². The zero-order valence-electron chi connectivity index (χ0n) is 13.7. The molecule has 2 aromatic rings. The summed E-state index contributed by atoms with van der Waals surface area (Å²) in [5, 5.41) is 0. The number of halogens is 1. The minimum Gasteiger partial charge on any atom is -0.498 e. The molecule has 0 radical (unpaired) electrons. The summed E-state index contributed by atoms with van der Waals surface area (Å²) in [5.41, 5.74) is 1.00. The highest BCUT2D eigenvalue weighted by molar-refractivity contribution is 7.85. The molecule has 6 nitrogen and oxygen atoms in total. The van der Waals surface area contributed by atoms with Crippen LogP contribution in [-0.4, -0.2) is 25.3 Å². The van der Waals surface area contributed by atoms with E-state index in [4.69, 9.17) is 13.7 Å². The maximum atomic E-state index is 13.6. The van der Waals surface area contributed by atoms with E-state index in [1.807, 2.05) is 13.8 Å². The van der Waals surface area contributed by atoms with Gasteiger partial charge in [0.15, 0.2) is 6.54 Å². The minimum atomic E-state index is -4.05. The average Bonchev–Trinajstić information content (AvgIpc) is 2.83. The van der Waals surface area contributed by atoms with Gasteiger partial charge in [-0.3, -0.25) is 4.55 Å². The van der Waals surface area contributed by atoms with Gasteiger partial charge in [0.2, 0.25) is 5.58 Å². The van der Waals surface area contributed by atoms with Crippen LogP contribution in [0.15, 0.2) is 28.4 Å². The molecule has 1 heterocycles. The fraction of sp³-hybridized carbons (Fsp3) is 0.438. The van der Waals surface area contributed by atoms with Crippen molar-refractivity contribution in [3.8, 4) is 0 Å². The van der Waals surface area contributed by atoms with Crippen LogP contribution in [0.5, 0.6) is 0 Å². The van der Waals surface area contributed by atoms with Gasteiger partial charge in [0, 0.05) is 18.9 Å². The van der Waals surface area contributed by atoms with Crippen LogP contribution in [0, 0.1) is 5.82 Å². The van der Waals surface area contributed by atoms with Crippen LogP contribution in [0.2, 0.25) is 0 Å². The second kappa shape index (κ2) is 7.76. The standard InChI is InChI=1S/C16H20FNO5S/c1-3-13(22-4-2)11-16-18(8-5-9-24(19,20)21)14-10-12(17)6-7-15(14)23-16/h6-7,10-11H,3-5,8-9H2,1-2H3/p+1. The quantitative estimate of drug-likeness (QED) is 0.446. The number of hydrogen-bond acceptors (Lipinski definition) is 4. The Hall–Kier alpha value is -1.93. The highest BCUT2D eigenvalue weighted by Gasteiger charge is 2.23. The molecule has 0 fully saturated rings. The van der Waals surface area contributed by atoms with Crippen LogP contribution < -0.4 is 4.57 Å². The van der Waals surface area contributed by atoms with Gasteiger partial charge in [-0.15, -0.1) is 0 Å². The molecule has 0 bridgehead atoms. The topological polar surface area (TPSA) is 80.6 Å². The Labute approximate surface area is 140 Å². The van der Waals surface area contributed by atoms with E-state index in [0.717, 1.165) is 0 Å². The van der Waals surface area contributed by atoms with Gasteiger partial charge in [-0.25, -0.2) is 4.39 Å². The third-order valence-electron chi connectivity index (χ3n) is 3.44. The molecule has 1 aromatic heterocycles. The minimum absolute atomic E-state index is 0.172. The SMILES string of the molecule is CCOC(=Cc1oc2ccc(F)cc2[n+]1CCCS(=O)(=O)O)CC. The van der Waals surface area contributed by atoms with E-state index < -0.39 is 15.9 Å². The molecule has 0 atom stereocenters. The van der Waals surface area contributed by atoms with Crippen molar-refractivity contribution in [2.75, 3.05) is 12.4 Å². The molecule has 0 aliphatic carbocycles. The summed E-state index contributed by atoms with van der Waals surface area (Å²) in [6, 6.07) is 4.15. The Morgan fingerprint density at radius 2 is 2.17 bits per heavy atom. The van der Waals surface area contributed by atoms with E-state index in [0.29, 0.717) is 35.8 Å². The number of aryl methyl sites for hydroxylation is 1. The maximum Gasteiger partial charge on any atom is 0.377 e. The van der Waals surface area contributed by atoms with Gasteiger partial charge in [-0.1, -0.05) is 6.92 Å². The van der Waals surface area contributed by atoms with Gasteiger partial charge >= 0.3 is 5.89 Å². The number of allylic oxidation sites excluding steroid dienone is 1. The van der Waals surface area contributed by atoms with Crippen molar-refractivity contribution in [1.29, 1.82) is 0 Å². The molecule has 0 saturated heterocycles. The third kappa shape index (κ3) is 4.78. The molecule has 2 rings (SSSR count). The van der Waals surface area contributed by atoms with E-state index >= 15 is 0 Å². The van der Waals surface area contributed by atoms with Gasteiger partial charge < -0.3 is 9.15 Å². The predicted octanol–water partition coefficient (Wildman–Crippen LogP) is 2.92. The zero-order chi connectivity index (χ0) is 17.7. The summed E-state index contributed by atoms with van der Waals surface area (Å²) in [6.07, 6.45) is 2.55. The first-order valence-electron chi connectivity index (χ1n) is 7.74. The molecule has 0 aliphatic rings. The lowest BCUT2D eigenvalue weighted by Gasteiger charge is -2.03. The predicted molar refractivity (Wildman–Crippen MR) is 87.3 cm³/mol. The zero-order valence-corrected chi connectivity index (χ0v) is 14.5. The molecular weight excluding hydrogens is 337 g/mol. The number of rotatable bonds is 8. The molecule has 0 spiro atoms. The third-order valence-corrected chi connectivity index (χ3v) is 4.24. The highest BCUT2D eigenvalue weighted by Crippen LogP contribution is 2.18. The van der Waals surface area contributed by atoms with Crippen LogP contribution in [0.25, 0.3) is 17.2 Å². The van der Waals surface area contributed by atoms with Gasteiger partial charge in [0.25, 0.3) is 15.6 Å². The van der Waals surface area contributed by atoms with Crippen LogP contribution in [0.4, 0.5) is 4.39 Å². The Bertz CT molecular complexity index is 842. The van der Waals surface area contributed by atoms with E-state index in [1.165, 1.54) is 18.2 Å². The first kappa shape index (κ1) is 18.4. The second-order valence-electron chi connectivity index (χ2n) is 5.24. The van der Waals surface area contributed by atoms with Gasteiger partial charge in [0.05, 0.1) is 18.4 Å². The highest BCUT2D eigenvalue weighted by atomic mass is 32.2. The number of ether oxygens (including phenoxy) is 1. The second-order valence-corrected chi connectivity index (χ2v) is 6.81. The smallest absolute Gasteiger partial charge is 0.377 e. The van der Waals surface area contributed by atoms with Crippen LogP contribution >= 0.6 is 0 Å². The number of oxazole rings is 1. The van der Waals surface area contributed by atoms with Crippen molar-refractivity contribution >= 4 is 27.3 Å². The lowest BCUT2D eigenvalue weighted by Crippen LogP contribution is -2.36. The fourth-order valence-corrected chi connectivity index (χ4v) is 2.88. The van der Waals surface area contributed by atoms with E-state index in [2.05, 4.69) is 0 Å². The first-order chi connectivity index (χ1) is 11.3. The van der Waals surface area contributed by atoms with Crippen molar-refractivity contribution in [3.05, 3.63) is 35.7 Å². The van der Waals surface area contributed by atoms with Crippen molar-refractivity contribution in [1.82, 2.24) is 0 Å². The summed E-state index contributed by atoms with van der Waals surface area (Å²) < 4.78 is 57.2. The number of aromatic nitrogens is 1. The lowest BCUT2D eigenvalue weighted by molar-refractivity contribution is -0.677. The van der Waals surface area contributed by atoms with Gasteiger partial charge in [-0.05, 0) is 19.1 Å². The monoisotopic (exact) mass is 358 g/mol. The first-order valence-corrected chi connectivity index (χ1v) is 9.35. The van der Waals surface area contributed by atoms with E-state index in [-0.39, 0.29) is 18.7 Å². The molecule has 132 valence electrons. The summed E-state index contributed by atoms with van der Waals surface area (Å²) in [4.78, 5) is 0. The summed E-state index contributed by atoms with van der Waals surface area (Å²) in [7, 11) is -4.05. The van der Waals surface area contributed by atoms with E-state index in [9.17, 15) is 12.8 Å². The molecule has 24 heavy (non-hydrogen) atoms. The molecule has 1 N–H and O–H groups in total. The fourth-order valence-electron chi connectivity index (χ4n) is 2.39. The molecule has 0 unspecified atom stereocenters. The number of fused-ring (bicyclic) bond motifs is 1. The number of nitrogens with zero attached hydrogens (tertiary/aromatic N) is 1. The molecule has 0 amide bonds. The van der Waals surface area contributed by atoms with Gasteiger partial charge in [0.1, 0.15) is 11.6 Å². The van der Waals surface area contributed by atoms with Crippen molar-refractivity contribution in [2.24, 2.45) is 0 Å². The Morgan fingerprint density at radius 3 is 2.79 bits per heavy atom. The molecule has 0 aliphatic heterocycles. The Morgan fingerprint density at radius 1 is 1.42 bits per heavy atom. The molecule has 1 aromatic carbocycles. The summed E-state index contributed by atoms with van der Waals surface area (Å²) in [5.74, 6) is 0.358. The maximum absolute atomic E-state index is 13.6. The van der Waals surface area contributed by atoms with E-state index in [1.54, 1.807) is 10.6 Å². The largest absolute Gasteiger partial charge is 0.498 e. The summed E-state index contributed by atoms with van der Waals surface area (Å²) >= 11 is 0. The van der Waals surface area contributed by atoms with Crippen molar-refractivity contribution < 1.29 is 31.1 Å². The number of benzene rings is 1. The normalized spacial score (nSPS) is 12.8. The van der Waals surface area contributed by atoms with Crippen molar-refractivity contribution in [2.45, 2.75) is 33.2 Å². The Kier molecular flexibility index (Phi) is 5.95. The van der Waals surface area contributed by atoms with Crippen LogP contribution in [0.1, 0.15) is 32.6 Å². The van der Waals surface area contributed by atoms with Crippen molar-refractivity contribution in [3.63, 3.8) is 0 Å². The Balaban J connectivity index is 2.43. The molecule has 0 saturated carbocycles. The summed E-state index contributed by atoms with van der Waals surface area (Å²) in [6.45, 7) is 4.58.